The maximum absolute atomic E-state index is 14.1. The number of hydrogen-bond acceptors (Lipinski definition) is 2. The van der Waals surface area contributed by atoms with Gasteiger partial charge in [0.2, 0.25) is 0 Å². The highest BCUT2D eigenvalue weighted by Gasteiger charge is 2.31. The summed E-state index contributed by atoms with van der Waals surface area (Å²) in [5.74, 6) is -2.72. The van der Waals surface area contributed by atoms with Crippen molar-refractivity contribution in [2.45, 2.75) is 6.18 Å². The van der Waals surface area contributed by atoms with E-state index in [1.54, 1.807) is 0 Å². The molecule has 0 amide bonds. The molecule has 0 aliphatic carbocycles. The second kappa shape index (κ2) is 5.15. The van der Waals surface area contributed by atoms with Gasteiger partial charge in [0.15, 0.2) is 11.6 Å². The second-order valence-corrected chi connectivity index (χ2v) is 4.75. The predicted octanol–water partition coefficient (Wildman–Crippen LogP) is 3.89. The number of rotatable bonds is 1. The first-order valence-corrected chi connectivity index (χ1v) is 6.32. The van der Waals surface area contributed by atoms with Crippen LogP contribution in [0.25, 0.3) is 22.0 Å². The fraction of sp³-hybridized carbons (Fsp3) is 0.0667. The molecule has 1 aromatic carbocycles. The van der Waals surface area contributed by atoms with Crippen LogP contribution in [0.1, 0.15) is 5.56 Å². The van der Waals surface area contributed by atoms with Crippen LogP contribution in [0.2, 0.25) is 0 Å². The van der Waals surface area contributed by atoms with Gasteiger partial charge in [-0.3, -0.25) is 9.78 Å². The van der Waals surface area contributed by atoms with E-state index in [-0.39, 0.29) is 16.6 Å². The highest BCUT2D eigenvalue weighted by molar-refractivity contribution is 5.86. The number of hydrogen-bond donors (Lipinski definition) is 1. The largest absolute Gasteiger partial charge is 0.417 e. The van der Waals surface area contributed by atoms with Crippen molar-refractivity contribution >= 4 is 10.8 Å². The fourth-order valence-corrected chi connectivity index (χ4v) is 2.19. The molecular formula is C15H7F5N2O. The maximum Gasteiger partial charge on any atom is 0.417 e. The van der Waals surface area contributed by atoms with Crippen LogP contribution < -0.4 is 5.56 Å². The van der Waals surface area contributed by atoms with Crippen LogP contribution in [0.5, 0.6) is 0 Å². The van der Waals surface area contributed by atoms with Crippen molar-refractivity contribution < 1.29 is 22.0 Å². The number of nitrogens with one attached hydrogen (secondary N) is 1. The zero-order valence-corrected chi connectivity index (χ0v) is 11.2. The molecule has 0 bridgehead atoms. The van der Waals surface area contributed by atoms with E-state index in [1.165, 1.54) is 18.3 Å². The molecule has 0 radical (unpaired) electrons. The van der Waals surface area contributed by atoms with Gasteiger partial charge in [-0.1, -0.05) is 0 Å². The van der Waals surface area contributed by atoms with Gasteiger partial charge in [-0.2, -0.15) is 13.2 Å². The third kappa shape index (κ3) is 2.56. The van der Waals surface area contributed by atoms with Gasteiger partial charge in [0, 0.05) is 18.0 Å². The van der Waals surface area contributed by atoms with E-state index in [0.717, 1.165) is 12.1 Å². The number of benzene rings is 1. The highest BCUT2D eigenvalue weighted by atomic mass is 19.4. The molecule has 118 valence electrons. The second-order valence-electron chi connectivity index (χ2n) is 4.75. The third-order valence-electron chi connectivity index (χ3n) is 3.31. The molecule has 0 saturated carbocycles. The number of aromatic amines is 1. The molecule has 3 nitrogen and oxygen atoms in total. The van der Waals surface area contributed by atoms with Crippen molar-refractivity contribution in [1.82, 2.24) is 9.97 Å². The number of aromatic nitrogens is 2. The van der Waals surface area contributed by atoms with E-state index in [0.29, 0.717) is 6.20 Å². The zero-order chi connectivity index (χ0) is 16.8. The van der Waals surface area contributed by atoms with Crippen molar-refractivity contribution in [3.63, 3.8) is 0 Å². The lowest BCUT2D eigenvalue weighted by molar-refractivity contribution is -0.137. The summed E-state index contributed by atoms with van der Waals surface area (Å²) in [6.45, 7) is 0. The average molecular weight is 326 g/mol. The molecule has 8 heteroatoms. The fourth-order valence-electron chi connectivity index (χ4n) is 2.19. The van der Waals surface area contributed by atoms with E-state index in [4.69, 9.17) is 0 Å². The number of H-pyrrole nitrogens is 1. The zero-order valence-electron chi connectivity index (χ0n) is 11.2. The Morgan fingerprint density at radius 1 is 1.04 bits per heavy atom. The summed E-state index contributed by atoms with van der Waals surface area (Å²) in [5.41, 5.74) is -2.30. The van der Waals surface area contributed by atoms with Crippen molar-refractivity contribution in [3.05, 3.63) is 64.2 Å². The molecule has 2 aromatic heterocycles. The summed E-state index contributed by atoms with van der Waals surface area (Å²) in [5, 5.41) is -0.343. The van der Waals surface area contributed by atoms with Gasteiger partial charge in [-0.05, 0) is 29.7 Å². The van der Waals surface area contributed by atoms with Gasteiger partial charge in [-0.25, -0.2) is 8.78 Å². The van der Waals surface area contributed by atoms with Gasteiger partial charge in [-0.15, -0.1) is 0 Å². The summed E-state index contributed by atoms with van der Waals surface area (Å²) in [6.07, 6.45) is -2.79. The van der Waals surface area contributed by atoms with Gasteiger partial charge >= 0.3 is 6.18 Å². The quantitative estimate of drug-likeness (QED) is 0.690. The van der Waals surface area contributed by atoms with Crippen molar-refractivity contribution in [2.24, 2.45) is 0 Å². The first kappa shape index (κ1) is 15.1. The summed E-state index contributed by atoms with van der Waals surface area (Å²) in [6, 6.07) is 4.19. The molecule has 0 atom stereocenters. The molecule has 23 heavy (non-hydrogen) atoms. The van der Waals surface area contributed by atoms with Crippen LogP contribution >= 0.6 is 0 Å². The molecule has 0 spiro atoms. The number of halogens is 5. The Balaban J connectivity index is 2.21. The summed E-state index contributed by atoms with van der Waals surface area (Å²) in [4.78, 5) is 17.3. The Morgan fingerprint density at radius 3 is 2.39 bits per heavy atom. The van der Waals surface area contributed by atoms with Crippen LogP contribution in [0.15, 0.2) is 41.5 Å². The molecule has 0 unspecified atom stereocenters. The van der Waals surface area contributed by atoms with Gasteiger partial charge < -0.3 is 4.98 Å². The molecule has 1 N–H and O–H groups in total. The van der Waals surface area contributed by atoms with Crippen LogP contribution in [0.4, 0.5) is 22.0 Å². The Labute approximate surface area is 125 Å². The number of nitrogens with zero attached hydrogens (tertiary/aromatic N) is 1. The van der Waals surface area contributed by atoms with Crippen LogP contribution in [0.3, 0.4) is 0 Å². The van der Waals surface area contributed by atoms with Gasteiger partial charge in [0.05, 0.1) is 16.6 Å². The topological polar surface area (TPSA) is 45.8 Å². The molecule has 3 rings (SSSR count). The molecule has 0 aliphatic heterocycles. The molecule has 2 heterocycles. The van der Waals surface area contributed by atoms with Crippen LogP contribution in [-0.2, 0) is 6.18 Å². The lowest BCUT2D eigenvalue weighted by Gasteiger charge is -2.09. The Hall–Kier alpha value is -2.77. The number of pyridine rings is 2. The number of alkyl halides is 3. The minimum absolute atomic E-state index is 0.115. The average Bonchev–Trinajstić information content (AvgIpc) is 2.50. The number of fused-ring (bicyclic) bond motifs is 1. The minimum Gasteiger partial charge on any atom is -0.328 e. The van der Waals surface area contributed by atoms with Crippen LogP contribution in [-0.4, -0.2) is 9.97 Å². The summed E-state index contributed by atoms with van der Waals surface area (Å²) >= 11 is 0. The van der Waals surface area contributed by atoms with Gasteiger partial charge in [0.1, 0.15) is 0 Å². The SMILES string of the molecule is O=c1[nH]ccc2cc(-c3ccc(C(F)(F)F)cn3)c(F)c(F)c12. The molecule has 0 aliphatic rings. The lowest BCUT2D eigenvalue weighted by Crippen LogP contribution is -2.09. The first-order valence-electron chi connectivity index (χ1n) is 6.32. The smallest absolute Gasteiger partial charge is 0.328 e. The van der Waals surface area contributed by atoms with E-state index >= 15 is 0 Å². The minimum atomic E-state index is -4.58. The summed E-state index contributed by atoms with van der Waals surface area (Å²) in [7, 11) is 0. The van der Waals surface area contributed by atoms with E-state index < -0.39 is 34.3 Å². The standard InChI is InChI=1S/C15H7F5N2O/c16-12-9(10-2-1-8(6-22-10)15(18,19)20)5-7-3-4-21-14(23)11(7)13(12)17/h1-6H,(H,21,23). The van der Waals surface area contributed by atoms with E-state index in [1.807, 2.05) is 0 Å². The van der Waals surface area contributed by atoms with Crippen molar-refractivity contribution in [1.29, 1.82) is 0 Å². The van der Waals surface area contributed by atoms with Crippen LogP contribution in [0, 0.1) is 11.6 Å². The van der Waals surface area contributed by atoms with E-state index in [2.05, 4.69) is 9.97 Å². The maximum atomic E-state index is 14.1. The first-order chi connectivity index (χ1) is 10.8. The van der Waals surface area contributed by atoms with Gasteiger partial charge in [0.25, 0.3) is 5.56 Å². The predicted molar refractivity (Wildman–Crippen MR) is 72.7 cm³/mol. The van der Waals surface area contributed by atoms with Crippen molar-refractivity contribution in [2.75, 3.05) is 0 Å². The molecule has 0 fully saturated rings. The third-order valence-corrected chi connectivity index (χ3v) is 3.31. The molecular weight excluding hydrogens is 319 g/mol. The highest BCUT2D eigenvalue weighted by Crippen LogP contribution is 2.32. The van der Waals surface area contributed by atoms with E-state index in [9.17, 15) is 26.7 Å². The summed E-state index contributed by atoms with van der Waals surface area (Å²) < 4.78 is 65.7. The Kier molecular flexibility index (Phi) is 3.39. The normalized spacial score (nSPS) is 11.9. The molecule has 0 saturated heterocycles. The lowest BCUT2D eigenvalue weighted by atomic mass is 10.0. The van der Waals surface area contributed by atoms with Crippen molar-refractivity contribution in [3.8, 4) is 11.3 Å². The monoisotopic (exact) mass is 326 g/mol. The molecule has 3 aromatic rings. The Bertz CT molecular complexity index is 945. The Morgan fingerprint density at radius 2 is 1.78 bits per heavy atom.